The Labute approximate surface area is 273 Å². The molecule has 0 aliphatic heterocycles. The summed E-state index contributed by atoms with van der Waals surface area (Å²) in [6, 6.07) is 22.9. The molecule has 0 saturated carbocycles. The van der Waals surface area contributed by atoms with Gasteiger partial charge >= 0.3 is 0 Å². The zero-order valence-electron chi connectivity index (χ0n) is 26.9. The number of carbonyl (C=O) groups excluding carboxylic acids is 2. The second-order valence-electron chi connectivity index (χ2n) is 11.8. The van der Waals surface area contributed by atoms with Gasteiger partial charge in [-0.25, -0.2) is 19.9 Å². The van der Waals surface area contributed by atoms with Gasteiger partial charge in [0, 0.05) is 13.1 Å². The number of fused-ring (bicyclic) bond motifs is 4. The smallest absolute Gasteiger partial charge is 0.253 e. The van der Waals surface area contributed by atoms with Crippen molar-refractivity contribution in [1.29, 1.82) is 0 Å². The first kappa shape index (κ1) is 31.9. The van der Waals surface area contributed by atoms with Crippen molar-refractivity contribution >= 4 is 55.9 Å². The molecule has 10 nitrogen and oxygen atoms in total. The first-order chi connectivity index (χ1) is 23.0. The summed E-state index contributed by atoms with van der Waals surface area (Å²) in [4.78, 5) is 44.9. The number of nitrogens with one attached hydrogen (secondary N) is 4. The predicted molar refractivity (Wildman–Crippen MR) is 188 cm³/mol. The van der Waals surface area contributed by atoms with Crippen LogP contribution in [0.2, 0.25) is 0 Å². The van der Waals surface area contributed by atoms with E-state index in [1.807, 2.05) is 74.5 Å². The molecule has 240 valence electrons. The molecule has 0 saturated heterocycles. The van der Waals surface area contributed by atoms with E-state index in [0.717, 1.165) is 89.7 Å². The minimum absolute atomic E-state index is 0.132. The lowest BCUT2D eigenvalue weighted by Crippen LogP contribution is -2.29. The number of carbonyl (C=O) groups is 2. The topological polar surface area (TPSA) is 134 Å². The SMILES string of the molecule is Cc1cccc2nc3cccc(C(=O)NCCCNCCCNCCCNC(=O)c4cccc5nc6cccc(C)c6nc45)c3nc12. The number of hydrogen-bond donors (Lipinski definition) is 4. The number of amides is 2. The summed E-state index contributed by atoms with van der Waals surface area (Å²) in [6.07, 6.45) is 2.65. The molecule has 4 N–H and O–H groups in total. The monoisotopic (exact) mass is 628 g/mol. The highest BCUT2D eigenvalue weighted by Gasteiger charge is 2.14. The summed E-state index contributed by atoms with van der Waals surface area (Å²) < 4.78 is 0. The zero-order valence-corrected chi connectivity index (χ0v) is 26.9. The van der Waals surface area contributed by atoms with E-state index >= 15 is 0 Å². The van der Waals surface area contributed by atoms with Gasteiger partial charge in [-0.1, -0.05) is 36.4 Å². The third-order valence-corrected chi connectivity index (χ3v) is 8.22. The Kier molecular flexibility index (Phi) is 10.2. The maximum atomic E-state index is 12.9. The van der Waals surface area contributed by atoms with Crippen LogP contribution in [0, 0.1) is 13.8 Å². The van der Waals surface area contributed by atoms with Gasteiger partial charge in [0.1, 0.15) is 11.0 Å². The Hall–Kier alpha value is -5.06. The van der Waals surface area contributed by atoms with E-state index in [-0.39, 0.29) is 11.8 Å². The van der Waals surface area contributed by atoms with E-state index in [4.69, 9.17) is 19.9 Å². The highest BCUT2D eigenvalue weighted by molar-refractivity contribution is 6.07. The highest BCUT2D eigenvalue weighted by Crippen LogP contribution is 2.23. The van der Waals surface area contributed by atoms with Crippen molar-refractivity contribution < 1.29 is 9.59 Å². The van der Waals surface area contributed by atoms with Gasteiger partial charge in [-0.3, -0.25) is 9.59 Å². The molecule has 6 rings (SSSR count). The number of hydrogen-bond acceptors (Lipinski definition) is 8. The lowest BCUT2D eigenvalue weighted by Gasteiger charge is -2.10. The van der Waals surface area contributed by atoms with Gasteiger partial charge in [0.15, 0.2) is 0 Å². The first-order valence-electron chi connectivity index (χ1n) is 16.3. The van der Waals surface area contributed by atoms with E-state index in [1.165, 1.54) is 0 Å². The minimum atomic E-state index is -0.132. The fraction of sp³-hybridized carbons (Fsp3) is 0.297. The molecule has 10 heteroatoms. The van der Waals surface area contributed by atoms with Gasteiger partial charge in [0.25, 0.3) is 11.8 Å². The van der Waals surface area contributed by atoms with E-state index in [1.54, 1.807) is 12.1 Å². The molecule has 0 bridgehead atoms. The molecular weight excluding hydrogens is 588 g/mol. The van der Waals surface area contributed by atoms with Crippen molar-refractivity contribution in [3.63, 3.8) is 0 Å². The van der Waals surface area contributed by atoms with Crippen molar-refractivity contribution in [1.82, 2.24) is 41.2 Å². The van der Waals surface area contributed by atoms with Crippen LogP contribution in [0.5, 0.6) is 0 Å². The maximum absolute atomic E-state index is 12.9. The number of aryl methyl sites for hydroxylation is 2. The molecule has 47 heavy (non-hydrogen) atoms. The molecule has 2 amide bonds. The van der Waals surface area contributed by atoms with Crippen molar-refractivity contribution in [3.8, 4) is 0 Å². The van der Waals surface area contributed by atoms with Gasteiger partial charge in [0.05, 0.1) is 44.2 Å². The molecule has 0 aliphatic carbocycles. The molecule has 4 aromatic carbocycles. The Morgan fingerprint density at radius 1 is 0.468 bits per heavy atom. The summed E-state index contributed by atoms with van der Waals surface area (Å²) >= 11 is 0. The number of nitrogens with zero attached hydrogens (tertiary/aromatic N) is 4. The summed E-state index contributed by atoms with van der Waals surface area (Å²) in [5.74, 6) is -0.263. The standard InChI is InChI=1S/C37H40N8O2/c1-24-10-3-14-28-32(24)44-34-26(12-5-16-30(34)42-28)36(46)40-22-8-20-38-18-7-19-39-21-9-23-41-37(47)27-13-6-17-31-35(27)45-33-25(2)11-4-15-29(33)43-31/h3-6,10-17,38-39H,7-9,18-23H2,1-2H3,(H,40,46)(H,41,47). The van der Waals surface area contributed by atoms with Crippen LogP contribution in [0.3, 0.4) is 0 Å². The average Bonchev–Trinajstić information content (AvgIpc) is 3.08. The summed E-state index contributed by atoms with van der Waals surface area (Å²) in [6.45, 7) is 8.57. The van der Waals surface area contributed by atoms with E-state index in [9.17, 15) is 9.59 Å². The summed E-state index contributed by atoms with van der Waals surface area (Å²) in [7, 11) is 0. The molecule has 6 aromatic rings. The van der Waals surface area contributed by atoms with Gasteiger partial charge in [-0.2, -0.15) is 0 Å². The summed E-state index contributed by atoms with van der Waals surface area (Å²) in [5.41, 5.74) is 9.17. The average molecular weight is 629 g/mol. The Morgan fingerprint density at radius 2 is 0.830 bits per heavy atom. The molecule has 0 aliphatic rings. The fourth-order valence-electron chi connectivity index (χ4n) is 5.70. The van der Waals surface area contributed by atoms with Gasteiger partial charge < -0.3 is 21.3 Å². The van der Waals surface area contributed by atoms with Crippen molar-refractivity contribution in [2.75, 3.05) is 39.3 Å². The summed E-state index contributed by atoms with van der Waals surface area (Å²) in [5, 5.41) is 12.9. The Balaban J connectivity index is 0.843. The van der Waals surface area contributed by atoms with Gasteiger partial charge in [-0.15, -0.1) is 0 Å². The lowest BCUT2D eigenvalue weighted by molar-refractivity contribution is 0.0946. The molecule has 2 heterocycles. The predicted octanol–water partition coefficient (Wildman–Crippen LogP) is 5.01. The number of benzene rings is 4. The molecule has 2 aromatic heterocycles. The van der Waals surface area contributed by atoms with Crippen LogP contribution < -0.4 is 21.3 Å². The molecule has 0 atom stereocenters. The molecular formula is C37H40N8O2. The number of para-hydroxylation sites is 4. The highest BCUT2D eigenvalue weighted by atomic mass is 16.2. The molecule has 0 radical (unpaired) electrons. The molecule has 0 unspecified atom stereocenters. The van der Waals surface area contributed by atoms with Crippen LogP contribution in [-0.4, -0.2) is 71.0 Å². The van der Waals surface area contributed by atoms with Crippen LogP contribution in [0.1, 0.15) is 51.1 Å². The van der Waals surface area contributed by atoms with Crippen LogP contribution in [0.25, 0.3) is 44.1 Å². The maximum Gasteiger partial charge on any atom is 0.253 e. The largest absolute Gasteiger partial charge is 0.352 e. The molecule has 0 fully saturated rings. The van der Waals surface area contributed by atoms with Crippen LogP contribution >= 0.6 is 0 Å². The van der Waals surface area contributed by atoms with E-state index in [0.29, 0.717) is 35.2 Å². The fourth-order valence-corrected chi connectivity index (χ4v) is 5.70. The molecule has 0 spiro atoms. The van der Waals surface area contributed by atoms with Gasteiger partial charge in [-0.05, 0) is 107 Å². The normalized spacial score (nSPS) is 11.4. The van der Waals surface area contributed by atoms with Crippen molar-refractivity contribution in [3.05, 3.63) is 95.1 Å². The minimum Gasteiger partial charge on any atom is -0.352 e. The first-order valence-corrected chi connectivity index (χ1v) is 16.3. The second-order valence-corrected chi connectivity index (χ2v) is 11.8. The van der Waals surface area contributed by atoms with Crippen molar-refractivity contribution in [2.24, 2.45) is 0 Å². The zero-order chi connectivity index (χ0) is 32.6. The van der Waals surface area contributed by atoms with Crippen LogP contribution in [0.4, 0.5) is 0 Å². The Morgan fingerprint density at radius 3 is 1.26 bits per heavy atom. The Bertz CT molecular complexity index is 1920. The van der Waals surface area contributed by atoms with Gasteiger partial charge in [0.2, 0.25) is 0 Å². The number of rotatable bonds is 14. The quantitative estimate of drug-likeness (QED) is 0.0978. The van der Waals surface area contributed by atoms with Crippen molar-refractivity contribution in [2.45, 2.75) is 33.1 Å². The van der Waals surface area contributed by atoms with E-state index in [2.05, 4.69) is 21.3 Å². The van der Waals surface area contributed by atoms with E-state index < -0.39 is 0 Å². The third-order valence-electron chi connectivity index (χ3n) is 8.22. The second kappa shape index (κ2) is 15.0. The number of aromatic nitrogens is 4. The third kappa shape index (κ3) is 7.51. The van der Waals surface area contributed by atoms with Crippen LogP contribution in [0.15, 0.2) is 72.8 Å². The van der Waals surface area contributed by atoms with Crippen LogP contribution in [-0.2, 0) is 0 Å². The lowest BCUT2D eigenvalue weighted by atomic mass is 10.1.